The van der Waals surface area contributed by atoms with Crippen LogP contribution in [0.25, 0.3) is 0 Å². The molecule has 0 saturated heterocycles. The molecule has 0 fully saturated rings. The van der Waals surface area contributed by atoms with Gasteiger partial charge < -0.3 is 5.32 Å². The number of thiazole rings is 1. The minimum atomic E-state index is 0.115. The van der Waals surface area contributed by atoms with E-state index in [-0.39, 0.29) is 5.54 Å². The molecule has 0 bridgehead atoms. The van der Waals surface area contributed by atoms with Crippen molar-refractivity contribution in [1.82, 2.24) is 10.3 Å². The number of aryl methyl sites for hydroxylation is 1. The summed E-state index contributed by atoms with van der Waals surface area (Å²) in [5.74, 6) is 0. The van der Waals surface area contributed by atoms with Crippen molar-refractivity contribution in [3.05, 3.63) is 16.1 Å². The minimum absolute atomic E-state index is 0.115. The fraction of sp³-hybridized carbons (Fsp3) is 0.769. The van der Waals surface area contributed by atoms with Gasteiger partial charge >= 0.3 is 0 Å². The Balaban J connectivity index is 2.91. The van der Waals surface area contributed by atoms with Gasteiger partial charge in [-0.25, -0.2) is 4.98 Å². The SMILES string of the molecule is CCCCC(CC)(NCC)c1nc(C)cs1. The quantitative estimate of drug-likeness (QED) is 0.783. The average Bonchev–Trinajstić information content (AvgIpc) is 2.72. The minimum Gasteiger partial charge on any atom is -0.306 e. The fourth-order valence-corrected chi connectivity index (χ4v) is 3.19. The number of unbranched alkanes of at least 4 members (excludes halogenated alkanes) is 1. The van der Waals surface area contributed by atoms with Crippen LogP contribution in [0.4, 0.5) is 0 Å². The third kappa shape index (κ3) is 3.05. The highest BCUT2D eigenvalue weighted by Crippen LogP contribution is 2.32. The Morgan fingerprint density at radius 1 is 1.38 bits per heavy atom. The van der Waals surface area contributed by atoms with Gasteiger partial charge in [0.25, 0.3) is 0 Å². The fourth-order valence-electron chi connectivity index (χ4n) is 2.11. The van der Waals surface area contributed by atoms with Crippen molar-refractivity contribution in [2.75, 3.05) is 6.54 Å². The van der Waals surface area contributed by atoms with Crippen LogP contribution in [-0.4, -0.2) is 11.5 Å². The first-order valence-corrected chi connectivity index (χ1v) is 7.24. The second-order valence-corrected chi connectivity index (χ2v) is 5.22. The first-order valence-electron chi connectivity index (χ1n) is 6.36. The zero-order valence-electron chi connectivity index (χ0n) is 11.0. The van der Waals surface area contributed by atoms with Crippen LogP contribution in [0.15, 0.2) is 5.38 Å². The zero-order valence-corrected chi connectivity index (χ0v) is 11.8. The van der Waals surface area contributed by atoms with Crippen LogP contribution in [0.2, 0.25) is 0 Å². The molecule has 0 aliphatic carbocycles. The molecule has 16 heavy (non-hydrogen) atoms. The summed E-state index contributed by atoms with van der Waals surface area (Å²) >= 11 is 1.80. The number of nitrogens with one attached hydrogen (secondary N) is 1. The molecule has 1 aromatic heterocycles. The third-order valence-electron chi connectivity index (χ3n) is 3.10. The van der Waals surface area contributed by atoms with E-state index in [4.69, 9.17) is 0 Å². The highest BCUT2D eigenvalue weighted by Gasteiger charge is 2.31. The van der Waals surface area contributed by atoms with Gasteiger partial charge in [0.15, 0.2) is 0 Å². The highest BCUT2D eigenvalue weighted by atomic mass is 32.1. The van der Waals surface area contributed by atoms with E-state index in [1.165, 1.54) is 24.3 Å². The number of hydrogen-bond acceptors (Lipinski definition) is 3. The summed E-state index contributed by atoms with van der Waals surface area (Å²) in [6, 6.07) is 0. The Morgan fingerprint density at radius 3 is 2.56 bits per heavy atom. The summed E-state index contributed by atoms with van der Waals surface area (Å²) in [4.78, 5) is 4.68. The maximum Gasteiger partial charge on any atom is 0.113 e. The highest BCUT2D eigenvalue weighted by molar-refractivity contribution is 7.09. The van der Waals surface area contributed by atoms with E-state index in [0.29, 0.717) is 0 Å². The van der Waals surface area contributed by atoms with Crippen LogP contribution in [0, 0.1) is 6.92 Å². The van der Waals surface area contributed by atoms with Gasteiger partial charge in [-0.05, 0) is 26.3 Å². The van der Waals surface area contributed by atoms with Crippen molar-refractivity contribution in [2.45, 2.75) is 58.9 Å². The second-order valence-electron chi connectivity index (χ2n) is 4.36. The Morgan fingerprint density at radius 2 is 2.12 bits per heavy atom. The Labute approximate surface area is 103 Å². The molecular formula is C13H24N2S. The molecule has 0 amide bonds. The summed E-state index contributed by atoms with van der Waals surface area (Å²) in [7, 11) is 0. The molecule has 1 unspecified atom stereocenters. The summed E-state index contributed by atoms with van der Waals surface area (Å²) in [5.41, 5.74) is 1.26. The van der Waals surface area contributed by atoms with E-state index < -0.39 is 0 Å². The number of aromatic nitrogens is 1. The average molecular weight is 240 g/mol. The first-order chi connectivity index (χ1) is 7.68. The van der Waals surface area contributed by atoms with E-state index >= 15 is 0 Å². The van der Waals surface area contributed by atoms with E-state index in [2.05, 4.69) is 43.4 Å². The first kappa shape index (κ1) is 13.7. The molecular weight excluding hydrogens is 216 g/mol. The van der Waals surface area contributed by atoms with Gasteiger partial charge in [-0.15, -0.1) is 11.3 Å². The largest absolute Gasteiger partial charge is 0.306 e. The summed E-state index contributed by atoms with van der Waals surface area (Å²) in [5, 5.41) is 7.08. The van der Waals surface area contributed by atoms with Crippen molar-refractivity contribution < 1.29 is 0 Å². The van der Waals surface area contributed by atoms with Crippen LogP contribution in [-0.2, 0) is 5.54 Å². The lowest BCUT2D eigenvalue weighted by molar-refractivity contribution is 0.293. The molecule has 2 nitrogen and oxygen atoms in total. The van der Waals surface area contributed by atoms with Gasteiger partial charge in [-0.1, -0.05) is 33.6 Å². The third-order valence-corrected chi connectivity index (χ3v) is 4.27. The predicted octanol–water partition coefficient (Wildman–Crippen LogP) is 3.86. The number of rotatable bonds is 7. The van der Waals surface area contributed by atoms with Crippen LogP contribution in [0.3, 0.4) is 0 Å². The van der Waals surface area contributed by atoms with Crippen molar-refractivity contribution in [1.29, 1.82) is 0 Å². The molecule has 1 atom stereocenters. The number of hydrogen-bond donors (Lipinski definition) is 1. The smallest absolute Gasteiger partial charge is 0.113 e. The van der Waals surface area contributed by atoms with Gasteiger partial charge in [0.05, 0.1) is 5.54 Å². The van der Waals surface area contributed by atoms with Gasteiger partial charge in [0.1, 0.15) is 5.01 Å². The molecule has 0 aromatic carbocycles. The normalized spacial score (nSPS) is 15.0. The molecule has 0 aliphatic heterocycles. The van der Waals surface area contributed by atoms with Crippen molar-refractivity contribution in [2.24, 2.45) is 0 Å². The predicted molar refractivity (Wildman–Crippen MR) is 72.0 cm³/mol. The molecule has 1 aromatic rings. The molecule has 92 valence electrons. The lowest BCUT2D eigenvalue weighted by Crippen LogP contribution is -2.41. The maximum atomic E-state index is 4.68. The summed E-state index contributed by atoms with van der Waals surface area (Å²) in [6.45, 7) is 9.77. The standard InChI is InChI=1S/C13H24N2S/c1-5-8-9-13(6-2,14-7-3)12-15-11(4)10-16-12/h10,14H,5-9H2,1-4H3. The molecule has 1 heterocycles. The molecule has 1 rings (SSSR count). The molecule has 0 saturated carbocycles. The van der Waals surface area contributed by atoms with E-state index in [1.807, 2.05) is 0 Å². The molecule has 0 radical (unpaired) electrons. The topological polar surface area (TPSA) is 24.9 Å². The lowest BCUT2D eigenvalue weighted by Gasteiger charge is -2.32. The Hall–Kier alpha value is -0.410. The van der Waals surface area contributed by atoms with Crippen molar-refractivity contribution >= 4 is 11.3 Å². The second kappa shape index (κ2) is 6.36. The Kier molecular flexibility index (Phi) is 5.42. The van der Waals surface area contributed by atoms with Crippen LogP contribution in [0.5, 0.6) is 0 Å². The maximum absolute atomic E-state index is 4.68. The van der Waals surface area contributed by atoms with Crippen LogP contribution in [0.1, 0.15) is 57.2 Å². The van der Waals surface area contributed by atoms with Crippen LogP contribution >= 0.6 is 11.3 Å². The van der Waals surface area contributed by atoms with Gasteiger partial charge in [-0.2, -0.15) is 0 Å². The molecule has 0 aliphatic rings. The molecule has 1 N–H and O–H groups in total. The van der Waals surface area contributed by atoms with E-state index in [0.717, 1.165) is 18.7 Å². The van der Waals surface area contributed by atoms with E-state index in [1.54, 1.807) is 11.3 Å². The Bertz CT molecular complexity index is 309. The van der Waals surface area contributed by atoms with Gasteiger partial charge in [0, 0.05) is 11.1 Å². The number of nitrogens with zero attached hydrogens (tertiary/aromatic N) is 1. The van der Waals surface area contributed by atoms with Gasteiger partial charge in [-0.3, -0.25) is 0 Å². The van der Waals surface area contributed by atoms with Crippen LogP contribution < -0.4 is 5.32 Å². The summed E-state index contributed by atoms with van der Waals surface area (Å²) < 4.78 is 0. The zero-order chi connectivity index (χ0) is 12.0. The summed E-state index contributed by atoms with van der Waals surface area (Å²) in [6.07, 6.45) is 4.82. The molecule has 3 heteroatoms. The van der Waals surface area contributed by atoms with Gasteiger partial charge in [0.2, 0.25) is 0 Å². The van der Waals surface area contributed by atoms with Crippen molar-refractivity contribution in [3.8, 4) is 0 Å². The monoisotopic (exact) mass is 240 g/mol. The lowest BCUT2D eigenvalue weighted by atomic mass is 9.90. The van der Waals surface area contributed by atoms with E-state index in [9.17, 15) is 0 Å². The molecule has 0 spiro atoms. The van der Waals surface area contributed by atoms with Crippen molar-refractivity contribution in [3.63, 3.8) is 0 Å².